The summed E-state index contributed by atoms with van der Waals surface area (Å²) in [6, 6.07) is 3.85. The highest BCUT2D eigenvalue weighted by Crippen LogP contribution is 2.33. The molecule has 1 aromatic carbocycles. The monoisotopic (exact) mass is 551 g/mol. The van der Waals surface area contributed by atoms with Gasteiger partial charge in [-0.25, -0.2) is 18.3 Å². The number of halogens is 2. The first-order valence-corrected chi connectivity index (χ1v) is 13.1. The number of benzene rings is 1. The third-order valence-corrected chi connectivity index (χ3v) is 7.13. The first-order chi connectivity index (χ1) is 19.4. The molecule has 2 saturated heterocycles. The Morgan fingerprint density at radius 1 is 1.20 bits per heavy atom. The quantitative estimate of drug-likeness (QED) is 0.358. The number of fused-ring (bicyclic) bond motifs is 1. The summed E-state index contributed by atoms with van der Waals surface area (Å²) in [4.78, 5) is 30.3. The SMILES string of the molecule is CNC(=O)c1cc(F)c(F)c(-c2cnc3cc(-c4cnn(CCN5CCCC5=O)c4)c(OC4CCOC4)nn23)c1. The molecule has 1 unspecified atom stereocenters. The minimum atomic E-state index is -1.16. The van der Waals surface area contributed by atoms with Crippen molar-refractivity contribution >= 4 is 17.5 Å². The van der Waals surface area contributed by atoms with E-state index in [0.717, 1.165) is 24.6 Å². The molecule has 3 aromatic heterocycles. The fourth-order valence-corrected chi connectivity index (χ4v) is 4.98. The topological polar surface area (TPSA) is 116 Å². The predicted molar refractivity (Wildman–Crippen MR) is 139 cm³/mol. The van der Waals surface area contributed by atoms with Crippen LogP contribution in [0.3, 0.4) is 0 Å². The van der Waals surface area contributed by atoms with Crippen LogP contribution in [0.4, 0.5) is 8.78 Å². The smallest absolute Gasteiger partial charge is 0.251 e. The lowest BCUT2D eigenvalue weighted by molar-refractivity contribution is -0.127. The average molecular weight is 552 g/mol. The van der Waals surface area contributed by atoms with Gasteiger partial charge in [-0.3, -0.25) is 14.3 Å². The fourth-order valence-electron chi connectivity index (χ4n) is 4.98. The van der Waals surface area contributed by atoms with Gasteiger partial charge in [0.1, 0.15) is 6.10 Å². The van der Waals surface area contributed by atoms with Crippen LogP contribution in [0.1, 0.15) is 29.6 Å². The van der Waals surface area contributed by atoms with E-state index in [0.29, 0.717) is 50.4 Å². The van der Waals surface area contributed by atoms with Crippen LogP contribution in [-0.4, -0.2) is 80.5 Å². The number of rotatable bonds is 8. The molecule has 1 atom stereocenters. The second kappa shape index (κ2) is 10.6. The molecule has 40 heavy (non-hydrogen) atoms. The van der Waals surface area contributed by atoms with E-state index in [1.54, 1.807) is 16.9 Å². The second-order valence-electron chi connectivity index (χ2n) is 9.76. The molecule has 13 heteroatoms. The molecule has 0 saturated carbocycles. The third kappa shape index (κ3) is 4.88. The highest BCUT2D eigenvalue weighted by Gasteiger charge is 2.25. The number of carbonyl (C=O) groups excluding carboxylic acids is 2. The minimum absolute atomic E-state index is 0.0365. The molecule has 0 bridgehead atoms. The molecule has 2 aliphatic heterocycles. The molecule has 11 nitrogen and oxygen atoms in total. The van der Waals surface area contributed by atoms with Crippen LogP contribution in [-0.2, 0) is 16.1 Å². The number of nitrogens with one attached hydrogen (secondary N) is 1. The number of hydrogen-bond acceptors (Lipinski definition) is 7. The van der Waals surface area contributed by atoms with Gasteiger partial charge in [0.2, 0.25) is 11.8 Å². The van der Waals surface area contributed by atoms with Crippen LogP contribution in [0.2, 0.25) is 0 Å². The lowest BCUT2D eigenvalue weighted by Gasteiger charge is -2.15. The van der Waals surface area contributed by atoms with Gasteiger partial charge < -0.3 is 19.7 Å². The van der Waals surface area contributed by atoms with Gasteiger partial charge in [0.05, 0.1) is 43.4 Å². The molecule has 5 heterocycles. The Morgan fingerprint density at radius 3 is 2.83 bits per heavy atom. The zero-order valence-corrected chi connectivity index (χ0v) is 21.8. The van der Waals surface area contributed by atoms with E-state index in [2.05, 4.69) is 20.5 Å². The van der Waals surface area contributed by atoms with Crippen molar-refractivity contribution in [2.75, 3.05) is 33.4 Å². The number of amides is 2. The number of likely N-dealkylation sites (tertiary alicyclic amines) is 1. The van der Waals surface area contributed by atoms with E-state index >= 15 is 0 Å². The molecule has 0 aliphatic carbocycles. The number of ether oxygens (including phenoxy) is 2. The van der Waals surface area contributed by atoms with Crippen LogP contribution in [0.5, 0.6) is 5.88 Å². The molecular formula is C27H27F2N7O4. The lowest BCUT2D eigenvalue weighted by atomic mass is 10.1. The molecule has 6 rings (SSSR count). The molecule has 1 N–H and O–H groups in total. The summed E-state index contributed by atoms with van der Waals surface area (Å²) in [6.45, 7) is 2.82. The van der Waals surface area contributed by atoms with E-state index in [4.69, 9.17) is 9.47 Å². The summed E-state index contributed by atoms with van der Waals surface area (Å²) in [6.07, 6.45) is 6.79. The van der Waals surface area contributed by atoms with Crippen LogP contribution < -0.4 is 10.1 Å². The van der Waals surface area contributed by atoms with E-state index < -0.39 is 17.5 Å². The van der Waals surface area contributed by atoms with Crippen molar-refractivity contribution in [1.29, 1.82) is 0 Å². The Hall–Kier alpha value is -4.39. The van der Waals surface area contributed by atoms with Gasteiger partial charge in [0.15, 0.2) is 17.3 Å². The van der Waals surface area contributed by atoms with Crippen LogP contribution in [0.15, 0.2) is 36.8 Å². The van der Waals surface area contributed by atoms with Crippen LogP contribution >= 0.6 is 0 Å². The highest BCUT2D eigenvalue weighted by molar-refractivity contribution is 5.95. The van der Waals surface area contributed by atoms with Gasteiger partial charge in [-0.2, -0.15) is 5.10 Å². The van der Waals surface area contributed by atoms with E-state index in [9.17, 15) is 18.4 Å². The van der Waals surface area contributed by atoms with Gasteiger partial charge in [0.25, 0.3) is 5.91 Å². The molecule has 2 fully saturated rings. The summed E-state index contributed by atoms with van der Waals surface area (Å²) < 4.78 is 44.2. The molecule has 0 spiro atoms. The van der Waals surface area contributed by atoms with E-state index in [1.165, 1.54) is 23.8 Å². The Kier molecular flexibility index (Phi) is 6.88. The van der Waals surface area contributed by atoms with Crippen molar-refractivity contribution < 1.29 is 27.8 Å². The lowest BCUT2D eigenvalue weighted by Crippen LogP contribution is -2.28. The van der Waals surface area contributed by atoms with Gasteiger partial charge in [-0.05, 0) is 24.6 Å². The van der Waals surface area contributed by atoms with Crippen LogP contribution in [0.25, 0.3) is 28.0 Å². The van der Waals surface area contributed by atoms with Crippen molar-refractivity contribution in [2.45, 2.75) is 31.9 Å². The number of hydrogen-bond donors (Lipinski definition) is 1. The normalized spacial score (nSPS) is 17.2. The predicted octanol–water partition coefficient (Wildman–Crippen LogP) is 2.69. The van der Waals surface area contributed by atoms with Crippen molar-refractivity contribution in [1.82, 2.24) is 34.6 Å². The maximum absolute atomic E-state index is 15.0. The first-order valence-electron chi connectivity index (χ1n) is 13.1. The first kappa shape index (κ1) is 25.9. The summed E-state index contributed by atoms with van der Waals surface area (Å²) in [5.74, 6) is -2.43. The summed E-state index contributed by atoms with van der Waals surface area (Å²) in [5.41, 5.74) is 1.66. The highest BCUT2D eigenvalue weighted by atomic mass is 19.2. The van der Waals surface area contributed by atoms with Crippen molar-refractivity contribution in [3.63, 3.8) is 0 Å². The third-order valence-electron chi connectivity index (χ3n) is 7.13. The van der Waals surface area contributed by atoms with Gasteiger partial charge in [-0.1, -0.05) is 0 Å². The number of aromatic nitrogens is 5. The molecule has 2 aliphatic rings. The second-order valence-corrected chi connectivity index (χ2v) is 9.76. The number of nitrogens with zero attached hydrogens (tertiary/aromatic N) is 6. The summed E-state index contributed by atoms with van der Waals surface area (Å²) in [5, 5.41) is 11.5. The maximum atomic E-state index is 15.0. The largest absolute Gasteiger partial charge is 0.470 e. The Labute approximate surface area is 227 Å². The van der Waals surface area contributed by atoms with Crippen molar-refractivity contribution in [3.05, 3.63) is 54.0 Å². The van der Waals surface area contributed by atoms with Gasteiger partial charge in [-0.15, -0.1) is 5.10 Å². The van der Waals surface area contributed by atoms with Gasteiger partial charge >= 0.3 is 0 Å². The minimum Gasteiger partial charge on any atom is -0.470 e. The Morgan fingerprint density at radius 2 is 2.08 bits per heavy atom. The molecule has 0 radical (unpaired) electrons. The van der Waals surface area contributed by atoms with E-state index in [-0.39, 0.29) is 34.7 Å². The Bertz CT molecular complexity index is 1600. The van der Waals surface area contributed by atoms with Crippen molar-refractivity contribution in [2.24, 2.45) is 0 Å². The van der Waals surface area contributed by atoms with Crippen LogP contribution in [0, 0.1) is 11.6 Å². The summed E-state index contributed by atoms with van der Waals surface area (Å²) >= 11 is 0. The number of imidazole rings is 1. The molecule has 208 valence electrons. The van der Waals surface area contributed by atoms with Crippen molar-refractivity contribution in [3.8, 4) is 28.3 Å². The molecule has 4 aromatic rings. The Balaban J connectivity index is 1.39. The fraction of sp³-hybridized carbons (Fsp3) is 0.370. The standard InChI is InChI=1S/C27H27F2N7O4/c1-30-26(38)16-9-20(25(29)21(28)10-16)22-13-31-23-11-19(27(33-36(22)23)40-18-4-8-39-15-18)17-12-32-35(14-17)7-6-34-5-2-3-24(34)37/h9-14,18H,2-8,15H2,1H3,(H,30,38). The zero-order valence-electron chi connectivity index (χ0n) is 21.8. The number of carbonyl (C=O) groups is 2. The maximum Gasteiger partial charge on any atom is 0.251 e. The average Bonchev–Trinajstić information content (AvgIpc) is 3.77. The zero-order chi connectivity index (χ0) is 27.8. The van der Waals surface area contributed by atoms with Gasteiger partial charge in [0, 0.05) is 55.9 Å². The summed E-state index contributed by atoms with van der Waals surface area (Å²) in [7, 11) is 1.41. The molecule has 2 amide bonds. The van der Waals surface area contributed by atoms with E-state index in [1.807, 2.05) is 11.1 Å². The molecular weight excluding hydrogens is 524 g/mol.